The number of hydrogen-bond acceptors (Lipinski definition) is 1. The molecule has 2 heteroatoms. The van der Waals surface area contributed by atoms with Crippen LogP contribution < -0.4 is 0 Å². The van der Waals surface area contributed by atoms with E-state index in [9.17, 15) is 0 Å². The van der Waals surface area contributed by atoms with Crippen molar-refractivity contribution in [2.75, 3.05) is 6.61 Å². The predicted molar refractivity (Wildman–Crippen MR) is 29.5 cm³/mol. The van der Waals surface area contributed by atoms with Crippen molar-refractivity contribution in [3.05, 3.63) is 24.0 Å². The summed E-state index contributed by atoms with van der Waals surface area (Å²) in [6.07, 6.45) is 2.29. The van der Waals surface area contributed by atoms with Gasteiger partial charge in [-0.05, 0) is 12.1 Å². The molecule has 0 spiro atoms. The zero-order chi connectivity index (χ0) is 5.40. The standard InChI is InChI=1S/C6H7NO/c1-2-5(7-3-1)6-4-8-6/h1-3,6-7H,4H2/t6-/m0/s1. The van der Waals surface area contributed by atoms with E-state index < -0.39 is 0 Å². The third-order valence-electron chi connectivity index (χ3n) is 1.30. The molecule has 1 aromatic rings. The van der Waals surface area contributed by atoms with Crippen LogP contribution in [0.25, 0.3) is 0 Å². The Balaban J connectivity index is 2.28. The van der Waals surface area contributed by atoms with Crippen LogP contribution >= 0.6 is 0 Å². The van der Waals surface area contributed by atoms with Gasteiger partial charge in [0.05, 0.1) is 6.61 Å². The van der Waals surface area contributed by atoms with Crippen molar-refractivity contribution in [3.8, 4) is 0 Å². The van der Waals surface area contributed by atoms with Gasteiger partial charge in [0.2, 0.25) is 0 Å². The lowest BCUT2D eigenvalue weighted by Gasteiger charge is -1.81. The molecule has 1 atom stereocenters. The fourth-order valence-corrected chi connectivity index (χ4v) is 0.772. The topological polar surface area (TPSA) is 28.3 Å². The number of rotatable bonds is 1. The molecule has 0 bridgehead atoms. The number of aromatic amines is 1. The normalized spacial score (nSPS) is 25.8. The van der Waals surface area contributed by atoms with Crippen molar-refractivity contribution < 1.29 is 4.74 Å². The van der Waals surface area contributed by atoms with Crippen LogP contribution in [0.15, 0.2) is 18.3 Å². The Labute approximate surface area is 47.5 Å². The quantitative estimate of drug-likeness (QED) is 0.537. The predicted octanol–water partition coefficient (Wildman–Crippen LogP) is 1.09. The third-order valence-corrected chi connectivity index (χ3v) is 1.30. The molecular formula is C6H7NO. The van der Waals surface area contributed by atoms with E-state index in [4.69, 9.17) is 4.74 Å². The van der Waals surface area contributed by atoms with Gasteiger partial charge in [-0.15, -0.1) is 0 Å². The summed E-state index contributed by atoms with van der Waals surface area (Å²) in [5.41, 5.74) is 1.20. The molecule has 0 saturated carbocycles. The maximum absolute atomic E-state index is 5.02. The fraction of sp³-hybridized carbons (Fsp3) is 0.333. The summed E-state index contributed by atoms with van der Waals surface area (Å²) in [6.45, 7) is 0.889. The molecule has 1 fully saturated rings. The molecule has 42 valence electrons. The van der Waals surface area contributed by atoms with Gasteiger partial charge in [-0.25, -0.2) is 0 Å². The summed E-state index contributed by atoms with van der Waals surface area (Å²) in [7, 11) is 0. The van der Waals surface area contributed by atoms with Crippen molar-refractivity contribution >= 4 is 0 Å². The molecule has 1 aromatic heterocycles. The monoisotopic (exact) mass is 109 g/mol. The fourth-order valence-electron chi connectivity index (χ4n) is 0.772. The largest absolute Gasteiger partial charge is 0.366 e. The van der Waals surface area contributed by atoms with E-state index in [0.717, 1.165) is 6.61 Å². The molecule has 0 amide bonds. The Morgan fingerprint density at radius 2 is 2.62 bits per heavy atom. The van der Waals surface area contributed by atoms with Crippen molar-refractivity contribution in [1.82, 2.24) is 4.98 Å². The van der Waals surface area contributed by atoms with Crippen molar-refractivity contribution in [1.29, 1.82) is 0 Å². The average Bonchev–Trinajstić information content (AvgIpc) is 2.49. The molecule has 1 N–H and O–H groups in total. The first-order valence-corrected chi connectivity index (χ1v) is 2.72. The lowest BCUT2D eigenvalue weighted by molar-refractivity contribution is 0.412. The highest BCUT2D eigenvalue weighted by molar-refractivity contribution is 5.10. The van der Waals surface area contributed by atoms with Gasteiger partial charge in [-0.1, -0.05) is 0 Å². The van der Waals surface area contributed by atoms with Gasteiger partial charge in [0.1, 0.15) is 6.10 Å². The highest BCUT2D eigenvalue weighted by atomic mass is 16.6. The molecule has 8 heavy (non-hydrogen) atoms. The summed E-state index contributed by atoms with van der Waals surface area (Å²) in [4.78, 5) is 3.07. The molecule has 1 saturated heterocycles. The van der Waals surface area contributed by atoms with Gasteiger partial charge in [-0.3, -0.25) is 0 Å². The summed E-state index contributed by atoms with van der Waals surface area (Å²) in [5, 5.41) is 0. The molecule has 0 unspecified atom stereocenters. The second-order valence-corrected chi connectivity index (χ2v) is 1.95. The van der Waals surface area contributed by atoms with Gasteiger partial charge in [-0.2, -0.15) is 0 Å². The van der Waals surface area contributed by atoms with Crippen LogP contribution in [0.4, 0.5) is 0 Å². The zero-order valence-corrected chi connectivity index (χ0v) is 4.42. The lowest BCUT2D eigenvalue weighted by Crippen LogP contribution is -1.75. The summed E-state index contributed by atoms with van der Waals surface area (Å²) >= 11 is 0. The van der Waals surface area contributed by atoms with Crippen molar-refractivity contribution in [3.63, 3.8) is 0 Å². The van der Waals surface area contributed by atoms with Gasteiger partial charge in [0.25, 0.3) is 0 Å². The zero-order valence-electron chi connectivity index (χ0n) is 4.42. The van der Waals surface area contributed by atoms with Crippen molar-refractivity contribution in [2.45, 2.75) is 6.10 Å². The van der Waals surface area contributed by atoms with E-state index in [-0.39, 0.29) is 0 Å². The maximum atomic E-state index is 5.02. The van der Waals surface area contributed by atoms with E-state index in [1.807, 2.05) is 18.3 Å². The summed E-state index contributed by atoms with van der Waals surface area (Å²) in [6, 6.07) is 4.02. The second-order valence-electron chi connectivity index (χ2n) is 1.95. The van der Waals surface area contributed by atoms with E-state index in [0.29, 0.717) is 6.10 Å². The molecule has 0 radical (unpaired) electrons. The third kappa shape index (κ3) is 0.537. The number of aromatic nitrogens is 1. The summed E-state index contributed by atoms with van der Waals surface area (Å²) in [5.74, 6) is 0. The minimum Gasteiger partial charge on any atom is -0.366 e. The smallest absolute Gasteiger partial charge is 0.121 e. The number of H-pyrrole nitrogens is 1. The van der Waals surface area contributed by atoms with Crippen LogP contribution in [0.5, 0.6) is 0 Å². The Morgan fingerprint density at radius 3 is 3.12 bits per heavy atom. The van der Waals surface area contributed by atoms with E-state index in [1.165, 1.54) is 5.69 Å². The van der Waals surface area contributed by atoms with Crippen LogP contribution in [0.3, 0.4) is 0 Å². The highest BCUT2D eigenvalue weighted by Crippen LogP contribution is 2.27. The first-order valence-electron chi connectivity index (χ1n) is 2.72. The minimum absolute atomic E-state index is 0.380. The Kier molecular flexibility index (Phi) is 0.704. The molecular weight excluding hydrogens is 102 g/mol. The molecule has 1 aliphatic rings. The SMILES string of the molecule is c1c[nH]c([C@@H]2CO2)c1. The Bertz CT molecular complexity index is 165. The molecule has 2 rings (SSSR count). The Morgan fingerprint density at radius 1 is 1.75 bits per heavy atom. The highest BCUT2D eigenvalue weighted by Gasteiger charge is 2.24. The second kappa shape index (κ2) is 1.36. The number of epoxide rings is 1. The number of nitrogens with one attached hydrogen (secondary N) is 1. The van der Waals surface area contributed by atoms with Crippen LogP contribution in [0, 0.1) is 0 Å². The number of hydrogen-bond donors (Lipinski definition) is 1. The molecule has 2 nitrogen and oxygen atoms in total. The van der Waals surface area contributed by atoms with Crippen LogP contribution in [0.2, 0.25) is 0 Å². The van der Waals surface area contributed by atoms with E-state index in [1.54, 1.807) is 0 Å². The molecule has 2 heterocycles. The van der Waals surface area contributed by atoms with E-state index in [2.05, 4.69) is 4.98 Å². The first kappa shape index (κ1) is 4.15. The minimum atomic E-state index is 0.380. The molecule has 0 aliphatic carbocycles. The van der Waals surface area contributed by atoms with Crippen molar-refractivity contribution in [2.24, 2.45) is 0 Å². The van der Waals surface area contributed by atoms with Crippen LogP contribution in [-0.2, 0) is 4.74 Å². The molecule has 0 aromatic carbocycles. The molecule has 1 aliphatic heterocycles. The maximum Gasteiger partial charge on any atom is 0.121 e. The van der Waals surface area contributed by atoms with Gasteiger partial charge in [0, 0.05) is 11.9 Å². The number of ether oxygens (including phenoxy) is 1. The average molecular weight is 109 g/mol. The van der Waals surface area contributed by atoms with Gasteiger partial charge in [0.15, 0.2) is 0 Å². The van der Waals surface area contributed by atoms with Crippen LogP contribution in [0.1, 0.15) is 11.8 Å². The van der Waals surface area contributed by atoms with E-state index >= 15 is 0 Å². The van der Waals surface area contributed by atoms with Gasteiger partial charge < -0.3 is 9.72 Å². The summed E-state index contributed by atoms with van der Waals surface area (Å²) < 4.78 is 5.02. The lowest BCUT2D eigenvalue weighted by atomic mass is 10.3. The van der Waals surface area contributed by atoms with Gasteiger partial charge >= 0.3 is 0 Å². The first-order chi connectivity index (χ1) is 3.97. The van der Waals surface area contributed by atoms with Crippen LogP contribution in [-0.4, -0.2) is 11.6 Å². The Hall–Kier alpha value is -0.760.